The molecule has 10 nitrogen and oxygen atoms in total. The molecule has 190 valence electrons. The van der Waals surface area contributed by atoms with Crippen LogP contribution in [0.3, 0.4) is 0 Å². The summed E-state index contributed by atoms with van der Waals surface area (Å²) in [6.07, 6.45) is 3.11. The van der Waals surface area contributed by atoms with Gasteiger partial charge >= 0.3 is 0 Å². The number of fused-ring (bicyclic) bond motifs is 3. The molecule has 2 aromatic carbocycles. The van der Waals surface area contributed by atoms with Crippen LogP contribution < -0.4 is 30.8 Å². The number of benzene rings is 2. The van der Waals surface area contributed by atoms with Gasteiger partial charge in [-0.3, -0.25) is 19.8 Å². The fourth-order valence-electron chi connectivity index (χ4n) is 4.46. The van der Waals surface area contributed by atoms with Crippen LogP contribution in [0.5, 0.6) is 17.2 Å². The molecule has 38 heavy (non-hydrogen) atoms. The van der Waals surface area contributed by atoms with Crippen LogP contribution in [0.25, 0.3) is 21.8 Å². The van der Waals surface area contributed by atoms with Crippen LogP contribution in [-0.4, -0.2) is 40.5 Å². The van der Waals surface area contributed by atoms with Gasteiger partial charge in [0.25, 0.3) is 17.0 Å². The van der Waals surface area contributed by atoms with Crippen LogP contribution in [0, 0.1) is 0 Å². The molecule has 0 spiro atoms. The minimum Gasteiger partial charge on any atom is -0.496 e. The highest BCUT2D eigenvalue weighted by Crippen LogP contribution is 2.31. The van der Waals surface area contributed by atoms with E-state index in [-0.39, 0.29) is 16.5 Å². The highest BCUT2D eigenvalue weighted by molar-refractivity contribution is 6.02. The van der Waals surface area contributed by atoms with Crippen molar-refractivity contribution in [2.75, 3.05) is 25.7 Å². The Kier molecular flexibility index (Phi) is 5.76. The molecule has 1 N–H and O–H groups in total. The predicted molar refractivity (Wildman–Crippen MR) is 141 cm³/mol. The van der Waals surface area contributed by atoms with Gasteiger partial charge in [0, 0.05) is 12.4 Å². The van der Waals surface area contributed by atoms with Crippen molar-refractivity contribution < 1.29 is 19.0 Å². The average Bonchev–Trinajstić information content (AvgIpc) is 2.95. The molecule has 4 heterocycles. The fourth-order valence-corrected chi connectivity index (χ4v) is 4.46. The van der Waals surface area contributed by atoms with Gasteiger partial charge in [0.1, 0.15) is 19.0 Å². The molecular weight excluding hydrogens is 488 g/mol. The summed E-state index contributed by atoms with van der Waals surface area (Å²) in [6.45, 7) is 1.28. The molecule has 10 heteroatoms. The van der Waals surface area contributed by atoms with Crippen LogP contribution in [0.2, 0.25) is 0 Å². The number of methoxy groups -OCH3 is 1. The average molecular weight is 511 g/mol. The van der Waals surface area contributed by atoms with E-state index < -0.39 is 11.5 Å². The van der Waals surface area contributed by atoms with Gasteiger partial charge < -0.3 is 18.8 Å². The molecule has 6 rings (SSSR count). The van der Waals surface area contributed by atoms with E-state index in [1.807, 2.05) is 18.2 Å². The van der Waals surface area contributed by atoms with Gasteiger partial charge in [-0.15, -0.1) is 0 Å². The number of nitrogens with zero attached hydrogens (tertiary/aromatic N) is 3. The third kappa shape index (κ3) is 4.11. The third-order valence-corrected chi connectivity index (χ3v) is 6.35. The Morgan fingerprint density at radius 3 is 2.47 bits per heavy atom. The standard InChI is InChI=1S/C28H22N4O6/c1-36-23-5-3-2-4-18(23)26(33)30-32-11-9-22-20(28(32)35)15-19-21(29-22)8-10-31(27(19)34)16-17-6-7-24-25(14-17)38-13-12-37-24/h2-11,14-15H,12-13,16H2,1H3,(H,30,33). The Bertz CT molecular complexity index is 1840. The lowest BCUT2D eigenvalue weighted by molar-refractivity contribution is 0.100. The predicted octanol–water partition coefficient (Wildman–Crippen LogP) is 2.92. The van der Waals surface area contributed by atoms with Gasteiger partial charge in [-0.05, 0) is 48.0 Å². The van der Waals surface area contributed by atoms with E-state index >= 15 is 0 Å². The number of pyridine rings is 3. The lowest BCUT2D eigenvalue weighted by Gasteiger charge is -2.19. The molecule has 1 amide bonds. The SMILES string of the molecule is COc1ccccc1C(=O)Nn1ccc2nc3ccn(Cc4ccc5c(c4)OCCO5)c(=O)c3cc2c1=O. The highest BCUT2D eigenvalue weighted by Gasteiger charge is 2.16. The second kappa shape index (κ2) is 9.40. The zero-order chi connectivity index (χ0) is 26.2. The number of carbonyl (C=O) groups is 1. The van der Waals surface area contributed by atoms with E-state index in [1.165, 1.54) is 19.4 Å². The Morgan fingerprint density at radius 2 is 1.66 bits per heavy atom. The Hall–Kier alpha value is -5.12. The monoisotopic (exact) mass is 510 g/mol. The summed E-state index contributed by atoms with van der Waals surface area (Å²) in [5, 5.41) is 0.498. The number of aromatic nitrogens is 3. The summed E-state index contributed by atoms with van der Waals surface area (Å²) >= 11 is 0. The molecule has 0 fully saturated rings. The maximum atomic E-state index is 13.4. The number of carbonyl (C=O) groups excluding carboxylic acids is 1. The largest absolute Gasteiger partial charge is 0.496 e. The maximum absolute atomic E-state index is 13.4. The van der Waals surface area contributed by atoms with Crippen LogP contribution in [0.1, 0.15) is 15.9 Å². The zero-order valence-electron chi connectivity index (χ0n) is 20.3. The minimum absolute atomic E-state index is 0.203. The first-order valence-electron chi connectivity index (χ1n) is 11.9. The van der Waals surface area contributed by atoms with Gasteiger partial charge in [-0.1, -0.05) is 18.2 Å². The van der Waals surface area contributed by atoms with Gasteiger partial charge in [0.2, 0.25) is 0 Å². The van der Waals surface area contributed by atoms with Crippen molar-refractivity contribution in [3.8, 4) is 17.2 Å². The minimum atomic E-state index is -0.514. The second-order valence-corrected chi connectivity index (χ2v) is 8.71. The van der Waals surface area contributed by atoms with Crippen molar-refractivity contribution in [2.45, 2.75) is 6.54 Å². The Labute approximate surface area is 215 Å². The smallest absolute Gasteiger partial charge is 0.278 e. The zero-order valence-corrected chi connectivity index (χ0v) is 20.3. The molecule has 5 aromatic rings. The number of nitrogens with one attached hydrogen (secondary N) is 1. The first kappa shape index (κ1) is 23.3. The molecule has 0 bridgehead atoms. The fraction of sp³-hybridized carbons (Fsp3) is 0.143. The summed E-state index contributed by atoms with van der Waals surface area (Å²) in [5.41, 5.74) is 3.80. The molecule has 3 aromatic heterocycles. The first-order chi connectivity index (χ1) is 18.5. The number of ether oxygens (including phenoxy) is 3. The van der Waals surface area contributed by atoms with Gasteiger partial charge in [-0.2, -0.15) is 0 Å². The molecule has 0 saturated carbocycles. The summed E-state index contributed by atoms with van der Waals surface area (Å²) in [7, 11) is 1.46. The van der Waals surface area contributed by atoms with E-state index in [4.69, 9.17) is 14.2 Å². The summed E-state index contributed by atoms with van der Waals surface area (Å²) in [4.78, 5) is 44.0. The third-order valence-electron chi connectivity index (χ3n) is 6.35. The number of rotatable bonds is 5. The molecule has 1 aliphatic rings. The van der Waals surface area contributed by atoms with Crippen molar-refractivity contribution in [1.82, 2.24) is 14.2 Å². The van der Waals surface area contributed by atoms with Crippen molar-refractivity contribution in [2.24, 2.45) is 0 Å². The topological polar surface area (TPSA) is 114 Å². The van der Waals surface area contributed by atoms with Crippen molar-refractivity contribution in [1.29, 1.82) is 0 Å². The molecule has 0 atom stereocenters. The molecule has 0 aliphatic carbocycles. The van der Waals surface area contributed by atoms with Crippen LogP contribution in [0.4, 0.5) is 0 Å². The van der Waals surface area contributed by atoms with Gasteiger partial charge in [0.05, 0.1) is 41.0 Å². The Morgan fingerprint density at radius 1 is 0.921 bits per heavy atom. The van der Waals surface area contributed by atoms with Crippen molar-refractivity contribution >= 4 is 27.7 Å². The van der Waals surface area contributed by atoms with Crippen LogP contribution in [0.15, 0.2) is 82.6 Å². The summed E-state index contributed by atoms with van der Waals surface area (Å²) in [6, 6.07) is 17.1. The Balaban J connectivity index is 1.36. The second-order valence-electron chi connectivity index (χ2n) is 8.71. The molecule has 0 unspecified atom stereocenters. The van der Waals surface area contributed by atoms with E-state index in [0.29, 0.717) is 53.4 Å². The molecule has 0 radical (unpaired) electrons. The first-order valence-corrected chi connectivity index (χ1v) is 11.9. The van der Waals surface area contributed by atoms with E-state index in [1.54, 1.807) is 47.2 Å². The van der Waals surface area contributed by atoms with Crippen molar-refractivity contribution in [3.63, 3.8) is 0 Å². The number of hydrogen-bond acceptors (Lipinski definition) is 7. The van der Waals surface area contributed by atoms with Gasteiger partial charge in [-0.25, -0.2) is 9.66 Å². The van der Waals surface area contributed by atoms with Crippen LogP contribution >= 0.6 is 0 Å². The molecule has 1 aliphatic heterocycles. The van der Waals surface area contributed by atoms with Crippen molar-refractivity contribution in [3.05, 3.63) is 105 Å². The number of amides is 1. The number of para-hydroxylation sites is 1. The van der Waals surface area contributed by atoms with Gasteiger partial charge in [0.15, 0.2) is 11.5 Å². The molecule has 0 saturated heterocycles. The maximum Gasteiger partial charge on any atom is 0.278 e. The quantitative estimate of drug-likeness (QED) is 0.362. The summed E-state index contributed by atoms with van der Waals surface area (Å²) in [5.74, 6) is 1.19. The van der Waals surface area contributed by atoms with Crippen LogP contribution in [-0.2, 0) is 6.54 Å². The van der Waals surface area contributed by atoms with E-state index in [9.17, 15) is 14.4 Å². The highest BCUT2D eigenvalue weighted by atomic mass is 16.6. The number of hydrogen-bond donors (Lipinski definition) is 1. The molecular formula is C28H22N4O6. The lowest BCUT2D eigenvalue weighted by Crippen LogP contribution is -2.33. The summed E-state index contributed by atoms with van der Waals surface area (Å²) < 4.78 is 19.1. The van der Waals surface area contributed by atoms with E-state index in [0.717, 1.165) is 10.2 Å². The normalized spacial score (nSPS) is 12.4. The van der Waals surface area contributed by atoms with E-state index in [2.05, 4.69) is 10.4 Å². The lowest BCUT2D eigenvalue weighted by atomic mass is 10.1.